The maximum absolute atomic E-state index is 11.4. The van der Waals surface area contributed by atoms with Crippen LogP contribution in [-0.2, 0) is 20.9 Å². The van der Waals surface area contributed by atoms with Crippen LogP contribution in [0.4, 0.5) is 0 Å². The van der Waals surface area contributed by atoms with Crippen LogP contribution in [0, 0.1) is 5.92 Å². The third-order valence-corrected chi connectivity index (χ3v) is 4.41. The van der Waals surface area contributed by atoms with Crippen LogP contribution >= 0.6 is 0 Å². The Labute approximate surface area is 156 Å². The predicted octanol–water partition coefficient (Wildman–Crippen LogP) is 2.44. The number of nitrogens with one attached hydrogen (secondary N) is 1. The molecule has 26 heavy (non-hydrogen) atoms. The second-order valence-corrected chi connectivity index (χ2v) is 6.48. The van der Waals surface area contributed by atoms with E-state index in [1.54, 1.807) is 7.05 Å². The molecular weight excluding hydrogens is 330 g/mol. The fraction of sp³-hybridized carbons (Fsp3) is 0.600. The molecule has 1 heterocycles. The van der Waals surface area contributed by atoms with Crippen molar-refractivity contribution in [3.63, 3.8) is 0 Å². The molecule has 1 saturated heterocycles. The fourth-order valence-electron chi connectivity index (χ4n) is 3.08. The van der Waals surface area contributed by atoms with Gasteiger partial charge in [0.1, 0.15) is 0 Å². The van der Waals surface area contributed by atoms with Crippen LogP contribution < -0.4 is 5.32 Å². The van der Waals surface area contributed by atoms with Gasteiger partial charge in [-0.2, -0.15) is 0 Å². The Morgan fingerprint density at radius 2 is 2.15 bits per heavy atom. The van der Waals surface area contributed by atoms with Crippen molar-refractivity contribution in [2.45, 2.75) is 32.8 Å². The van der Waals surface area contributed by atoms with Crippen molar-refractivity contribution in [1.29, 1.82) is 0 Å². The highest BCUT2D eigenvalue weighted by Crippen LogP contribution is 2.17. The lowest BCUT2D eigenvalue weighted by molar-refractivity contribution is -0.143. The van der Waals surface area contributed by atoms with E-state index in [1.165, 1.54) is 5.56 Å². The Balaban J connectivity index is 1.63. The number of carbonyl (C=O) groups excluding carboxylic acids is 1. The summed E-state index contributed by atoms with van der Waals surface area (Å²) in [6.45, 7) is 6.35. The Hall–Kier alpha value is -2.08. The molecule has 144 valence electrons. The highest BCUT2D eigenvalue weighted by atomic mass is 16.5. The highest BCUT2D eigenvalue weighted by molar-refractivity contribution is 5.80. The van der Waals surface area contributed by atoms with E-state index in [0.29, 0.717) is 25.6 Å². The number of nitrogens with zero attached hydrogens (tertiary/aromatic N) is 2. The average Bonchev–Trinajstić information content (AvgIpc) is 3.11. The number of hydrogen-bond acceptors (Lipinski definition) is 4. The number of carbonyl (C=O) groups is 1. The molecule has 0 radical (unpaired) electrons. The number of benzene rings is 1. The van der Waals surface area contributed by atoms with Crippen molar-refractivity contribution >= 4 is 11.9 Å². The minimum absolute atomic E-state index is 0.138. The normalized spacial score (nSPS) is 17.4. The lowest BCUT2D eigenvalue weighted by Gasteiger charge is -2.21. The number of guanidine groups is 1. The molecule has 0 amide bonds. The van der Waals surface area contributed by atoms with Gasteiger partial charge in [0, 0.05) is 39.0 Å². The van der Waals surface area contributed by atoms with Gasteiger partial charge in [0.15, 0.2) is 5.96 Å². The summed E-state index contributed by atoms with van der Waals surface area (Å²) >= 11 is 0. The van der Waals surface area contributed by atoms with Gasteiger partial charge in [-0.3, -0.25) is 9.79 Å². The average molecular weight is 361 g/mol. The standard InChI is InChI=1S/C20H31N3O3/c1-3-26-19(24)10-7-12-22-20(21-2)23-13-11-18(14-23)16-25-15-17-8-5-4-6-9-17/h4-6,8-9,18H,3,7,10-16H2,1-2H3,(H,21,22). The lowest BCUT2D eigenvalue weighted by atomic mass is 10.1. The zero-order valence-corrected chi connectivity index (χ0v) is 15.9. The number of hydrogen-bond donors (Lipinski definition) is 1. The maximum Gasteiger partial charge on any atom is 0.305 e. The minimum atomic E-state index is -0.138. The van der Waals surface area contributed by atoms with E-state index in [-0.39, 0.29) is 5.97 Å². The van der Waals surface area contributed by atoms with Gasteiger partial charge in [-0.1, -0.05) is 30.3 Å². The number of esters is 1. The molecule has 1 aromatic carbocycles. The third-order valence-electron chi connectivity index (χ3n) is 4.41. The first-order valence-corrected chi connectivity index (χ1v) is 9.45. The zero-order chi connectivity index (χ0) is 18.6. The quantitative estimate of drug-likeness (QED) is 0.317. The number of aliphatic imine (C=N–C) groups is 1. The number of ether oxygens (including phenoxy) is 2. The van der Waals surface area contributed by atoms with Gasteiger partial charge in [0.25, 0.3) is 0 Å². The molecule has 1 N–H and O–H groups in total. The largest absolute Gasteiger partial charge is 0.466 e. The summed E-state index contributed by atoms with van der Waals surface area (Å²) in [7, 11) is 1.80. The van der Waals surface area contributed by atoms with Gasteiger partial charge in [-0.05, 0) is 25.3 Å². The van der Waals surface area contributed by atoms with Gasteiger partial charge in [0.05, 0.1) is 19.8 Å². The minimum Gasteiger partial charge on any atom is -0.466 e. The first kappa shape index (κ1) is 20.2. The van der Waals surface area contributed by atoms with E-state index in [4.69, 9.17) is 9.47 Å². The second-order valence-electron chi connectivity index (χ2n) is 6.48. The van der Waals surface area contributed by atoms with E-state index < -0.39 is 0 Å². The molecule has 6 nitrogen and oxygen atoms in total. The molecule has 1 aliphatic rings. The molecule has 0 spiro atoms. The molecule has 1 aromatic rings. The van der Waals surface area contributed by atoms with Gasteiger partial charge < -0.3 is 19.7 Å². The molecule has 2 rings (SSSR count). The predicted molar refractivity (Wildman–Crippen MR) is 103 cm³/mol. The maximum atomic E-state index is 11.4. The summed E-state index contributed by atoms with van der Waals surface area (Å²) in [5.41, 5.74) is 1.21. The van der Waals surface area contributed by atoms with Crippen LogP contribution in [0.25, 0.3) is 0 Å². The summed E-state index contributed by atoms with van der Waals surface area (Å²) < 4.78 is 10.8. The van der Waals surface area contributed by atoms with Crippen LogP contribution in [0.5, 0.6) is 0 Å². The van der Waals surface area contributed by atoms with Crippen LogP contribution in [0.1, 0.15) is 31.7 Å². The summed E-state index contributed by atoms with van der Waals surface area (Å²) in [5, 5.41) is 3.34. The molecule has 0 aromatic heterocycles. The fourth-order valence-corrected chi connectivity index (χ4v) is 3.08. The lowest BCUT2D eigenvalue weighted by Crippen LogP contribution is -2.40. The number of likely N-dealkylation sites (tertiary alicyclic amines) is 1. The summed E-state index contributed by atoms with van der Waals surface area (Å²) in [6, 6.07) is 10.3. The zero-order valence-electron chi connectivity index (χ0n) is 15.9. The summed E-state index contributed by atoms with van der Waals surface area (Å²) in [4.78, 5) is 18.0. The molecule has 1 aliphatic heterocycles. The SMILES string of the molecule is CCOC(=O)CCCNC(=NC)N1CCC(COCc2ccccc2)C1. The van der Waals surface area contributed by atoms with E-state index in [9.17, 15) is 4.79 Å². The second kappa shape index (κ2) is 11.5. The highest BCUT2D eigenvalue weighted by Gasteiger charge is 2.24. The first-order chi connectivity index (χ1) is 12.7. The molecule has 6 heteroatoms. The van der Waals surface area contributed by atoms with Crippen LogP contribution in [-0.4, -0.2) is 56.7 Å². The van der Waals surface area contributed by atoms with Crippen molar-refractivity contribution in [2.75, 3.05) is 39.9 Å². The Bertz CT molecular complexity index is 563. The molecule has 0 aliphatic carbocycles. The first-order valence-electron chi connectivity index (χ1n) is 9.45. The Morgan fingerprint density at radius 1 is 1.35 bits per heavy atom. The third kappa shape index (κ3) is 7.04. The van der Waals surface area contributed by atoms with Gasteiger partial charge in [0.2, 0.25) is 0 Å². The van der Waals surface area contributed by atoms with Crippen molar-refractivity contribution in [3.8, 4) is 0 Å². The van der Waals surface area contributed by atoms with E-state index in [2.05, 4.69) is 27.3 Å². The van der Waals surface area contributed by atoms with Crippen LogP contribution in [0.15, 0.2) is 35.3 Å². The van der Waals surface area contributed by atoms with Crippen LogP contribution in [0.3, 0.4) is 0 Å². The van der Waals surface area contributed by atoms with Crippen molar-refractivity contribution in [1.82, 2.24) is 10.2 Å². The monoisotopic (exact) mass is 361 g/mol. The van der Waals surface area contributed by atoms with Gasteiger partial charge in [-0.15, -0.1) is 0 Å². The van der Waals surface area contributed by atoms with Crippen molar-refractivity contribution in [3.05, 3.63) is 35.9 Å². The van der Waals surface area contributed by atoms with E-state index in [0.717, 1.165) is 45.0 Å². The summed E-state index contributed by atoms with van der Waals surface area (Å²) in [6.07, 6.45) is 2.29. The Morgan fingerprint density at radius 3 is 2.88 bits per heavy atom. The smallest absolute Gasteiger partial charge is 0.305 e. The van der Waals surface area contributed by atoms with Gasteiger partial charge in [-0.25, -0.2) is 0 Å². The molecule has 0 saturated carbocycles. The molecule has 1 unspecified atom stereocenters. The number of rotatable bonds is 9. The summed E-state index contributed by atoms with van der Waals surface area (Å²) in [5.74, 6) is 1.29. The molecule has 1 atom stereocenters. The van der Waals surface area contributed by atoms with Crippen molar-refractivity contribution in [2.24, 2.45) is 10.9 Å². The molecule has 1 fully saturated rings. The van der Waals surface area contributed by atoms with E-state index >= 15 is 0 Å². The van der Waals surface area contributed by atoms with Crippen molar-refractivity contribution < 1.29 is 14.3 Å². The van der Waals surface area contributed by atoms with Gasteiger partial charge >= 0.3 is 5.97 Å². The topological polar surface area (TPSA) is 63.2 Å². The Kier molecular flexibility index (Phi) is 8.96. The molecule has 0 bridgehead atoms. The van der Waals surface area contributed by atoms with E-state index in [1.807, 2.05) is 25.1 Å². The van der Waals surface area contributed by atoms with Crippen LogP contribution in [0.2, 0.25) is 0 Å². The molecular formula is C20H31N3O3.